The molecular formula is C10H13NO2S. The highest BCUT2D eigenvalue weighted by Crippen LogP contribution is 2.10. The van der Waals surface area contributed by atoms with E-state index >= 15 is 0 Å². The second-order valence-electron chi connectivity index (χ2n) is 2.76. The number of carboxylic acid groups (broad SMARTS) is 1. The molecule has 76 valence electrons. The Morgan fingerprint density at radius 2 is 2.29 bits per heavy atom. The number of thiol groups is 1. The molecule has 0 bridgehead atoms. The Morgan fingerprint density at radius 3 is 2.79 bits per heavy atom. The normalized spacial score (nSPS) is 23.6. The van der Waals surface area contributed by atoms with Crippen molar-refractivity contribution in [3.05, 3.63) is 35.9 Å². The van der Waals surface area contributed by atoms with E-state index in [0.717, 1.165) is 0 Å². The lowest BCUT2D eigenvalue weighted by atomic mass is 10.1. The van der Waals surface area contributed by atoms with E-state index in [0.29, 0.717) is 5.56 Å². The minimum atomic E-state index is -2.79. The summed E-state index contributed by atoms with van der Waals surface area (Å²) < 4.78 is 29.7. The molecule has 0 saturated carbocycles. The van der Waals surface area contributed by atoms with Crippen molar-refractivity contribution >= 4 is 18.6 Å². The number of carbonyl (C=O) groups is 1. The Hall–Kier alpha value is -1.00. The van der Waals surface area contributed by atoms with E-state index in [4.69, 9.17) is 10.7 Å². The average molecular weight is 215 g/mol. The third-order valence-corrected chi connectivity index (χ3v) is 2.06. The SMILES string of the molecule is [2H]N([2H])[C@@]([2H])(C(=O)O)C([2H])(S)Cc1ccccc1. The van der Waals surface area contributed by atoms with Crippen LogP contribution in [0.4, 0.5) is 0 Å². The van der Waals surface area contributed by atoms with Gasteiger partial charge in [0.1, 0.15) is 8.84 Å². The zero-order chi connectivity index (χ0) is 14.0. The van der Waals surface area contributed by atoms with Gasteiger partial charge in [-0.3, -0.25) is 4.79 Å². The molecule has 0 aliphatic heterocycles. The Labute approximate surface area is 94.1 Å². The molecule has 1 rings (SSSR count). The average Bonchev–Trinajstić information content (AvgIpc) is 2.27. The van der Waals surface area contributed by atoms with Crippen LogP contribution in [0.5, 0.6) is 0 Å². The van der Waals surface area contributed by atoms with Gasteiger partial charge in [0, 0.05) is 6.60 Å². The first-order chi connectivity index (χ1) is 8.22. The van der Waals surface area contributed by atoms with E-state index in [2.05, 4.69) is 12.6 Å². The van der Waals surface area contributed by atoms with Crippen molar-refractivity contribution in [3.63, 3.8) is 0 Å². The van der Waals surface area contributed by atoms with Crippen molar-refractivity contribution in [2.75, 3.05) is 0 Å². The molecule has 3 nitrogen and oxygen atoms in total. The predicted molar refractivity (Wildman–Crippen MR) is 58.5 cm³/mol. The van der Waals surface area contributed by atoms with Crippen molar-refractivity contribution in [1.82, 2.24) is 0 Å². The van der Waals surface area contributed by atoms with E-state index < -0.39 is 17.2 Å². The largest absolute Gasteiger partial charge is 0.480 e. The van der Waals surface area contributed by atoms with Crippen LogP contribution in [0.3, 0.4) is 0 Å². The van der Waals surface area contributed by atoms with Crippen LogP contribution in [0.25, 0.3) is 0 Å². The van der Waals surface area contributed by atoms with E-state index in [9.17, 15) is 4.79 Å². The molecule has 0 aliphatic carbocycles. The quantitative estimate of drug-likeness (QED) is 0.640. The van der Waals surface area contributed by atoms with Gasteiger partial charge in [-0.15, -0.1) is 0 Å². The molecule has 0 heterocycles. The molecule has 0 fully saturated rings. The lowest BCUT2D eigenvalue weighted by Gasteiger charge is -2.14. The first-order valence-electron chi connectivity index (χ1n) is 5.89. The zero-order valence-electron chi connectivity index (χ0n) is 11.3. The first kappa shape index (κ1) is 6.48. The standard InChI is InChI=1S/C10H13NO2S/c11-9(10(12)13)8(14)6-7-4-2-1-3-5-7/h1-5,8-9,14H,6,11H2,(H,12,13)/t8?,9-/m1/s1/i8D,9D/hD2. The maximum atomic E-state index is 11.1. The highest BCUT2D eigenvalue weighted by atomic mass is 32.1. The van der Waals surface area contributed by atoms with Crippen LogP contribution in [0, 0.1) is 0 Å². The summed E-state index contributed by atoms with van der Waals surface area (Å²) in [7, 11) is 0. The molecule has 0 aromatic heterocycles. The number of rotatable bonds is 5. The van der Waals surface area contributed by atoms with E-state index in [1.165, 1.54) is 0 Å². The number of benzene rings is 1. The zero-order valence-corrected chi connectivity index (χ0v) is 8.24. The summed E-state index contributed by atoms with van der Waals surface area (Å²) in [5.74, 6) is -1.76. The number of hydrogen-bond acceptors (Lipinski definition) is 3. The number of aliphatic carboxylic acids is 1. The van der Waals surface area contributed by atoms with Crippen LogP contribution in [0.2, 0.25) is 2.82 Å². The van der Waals surface area contributed by atoms with Crippen molar-refractivity contribution in [2.45, 2.75) is 17.7 Å². The van der Waals surface area contributed by atoms with Gasteiger partial charge in [-0.05, 0) is 12.0 Å². The summed E-state index contributed by atoms with van der Waals surface area (Å²) in [6, 6.07) is 5.74. The van der Waals surface area contributed by atoms with E-state index in [-0.39, 0.29) is 12.1 Å². The number of nitrogens with two attached hydrogens (primary N) is 1. The second kappa shape index (κ2) is 5.02. The molecule has 0 radical (unpaired) electrons. The summed E-state index contributed by atoms with van der Waals surface area (Å²) >= 11 is 3.87. The van der Waals surface area contributed by atoms with Gasteiger partial charge in [0.15, 0.2) is 0 Å². The minimum Gasteiger partial charge on any atom is -0.480 e. The number of hydrogen-bond donors (Lipinski definition) is 3. The second-order valence-corrected chi connectivity index (χ2v) is 3.30. The fourth-order valence-corrected chi connectivity index (χ4v) is 1.27. The molecule has 14 heavy (non-hydrogen) atoms. The van der Waals surface area contributed by atoms with E-state index in [1.54, 1.807) is 30.3 Å². The molecule has 0 spiro atoms. The molecular weight excluding hydrogens is 198 g/mol. The van der Waals surface area contributed by atoms with Crippen molar-refractivity contribution in [1.29, 1.82) is 0 Å². The highest BCUT2D eigenvalue weighted by molar-refractivity contribution is 7.81. The molecule has 1 aromatic carbocycles. The van der Waals surface area contributed by atoms with Crippen LogP contribution >= 0.6 is 12.6 Å². The van der Waals surface area contributed by atoms with Crippen LogP contribution in [-0.4, -0.2) is 22.3 Å². The monoisotopic (exact) mass is 215 g/mol. The Morgan fingerprint density at radius 1 is 1.64 bits per heavy atom. The molecule has 2 atom stereocenters. The lowest BCUT2D eigenvalue weighted by Crippen LogP contribution is -2.39. The third kappa shape index (κ3) is 3.05. The van der Waals surface area contributed by atoms with Gasteiger partial charge < -0.3 is 10.8 Å². The van der Waals surface area contributed by atoms with Crippen molar-refractivity contribution in [2.24, 2.45) is 5.72 Å². The smallest absolute Gasteiger partial charge is 0.321 e. The molecule has 3 N–H and O–H groups in total. The van der Waals surface area contributed by atoms with Gasteiger partial charge in [-0.2, -0.15) is 12.6 Å². The minimum absolute atomic E-state index is 0.166. The van der Waals surface area contributed by atoms with Gasteiger partial charge in [-0.25, -0.2) is 0 Å². The van der Waals surface area contributed by atoms with Gasteiger partial charge >= 0.3 is 5.97 Å². The van der Waals surface area contributed by atoms with Gasteiger partial charge in [0.2, 0.25) is 0 Å². The molecule has 0 amide bonds. The van der Waals surface area contributed by atoms with Gasteiger partial charge in [0.25, 0.3) is 0 Å². The summed E-state index contributed by atoms with van der Waals surface area (Å²) in [4.78, 5) is 11.1. The highest BCUT2D eigenvalue weighted by Gasteiger charge is 2.20. The Kier molecular flexibility index (Phi) is 2.32. The lowest BCUT2D eigenvalue weighted by molar-refractivity contribution is -0.138. The summed E-state index contributed by atoms with van der Waals surface area (Å²) in [6.45, 7) is 0. The Bertz CT molecular complexity index is 429. The van der Waals surface area contributed by atoms with Crippen LogP contribution in [0.1, 0.15) is 8.30 Å². The fourth-order valence-electron chi connectivity index (χ4n) is 0.996. The van der Waals surface area contributed by atoms with Crippen molar-refractivity contribution in [3.8, 4) is 0 Å². The van der Waals surface area contributed by atoms with Crippen LogP contribution < -0.4 is 5.72 Å². The predicted octanol–water partition coefficient (Wildman–Crippen LogP) is 0.939. The van der Waals surface area contributed by atoms with Crippen LogP contribution in [-0.2, 0) is 11.2 Å². The summed E-state index contributed by atoms with van der Waals surface area (Å²) in [5, 5.41) is 6.84. The van der Waals surface area contributed by atoms with Gasteiger partial charge in [-0.1, -0.05) is 30.3 Å². The molecule has 1 aromatic rings. The Balaban J connectivity index is 3.07. The topological polar surface area (TPSA) is 63.3 Å². The van der Waals surface area contributed by atoms with Crippen molar-refractivity contribution < 1.29 is 15.5 Å². The molecule has 0 saturated heterocycles. The first-order valence-corrected chi connectivity index (χ1v) is 4.44. The molecule has 1 unspecified atom stereocenters. The maximum absolute atomic E-state index is 11.1. The number of carboxylic acids is 1. The van der Waals surface area contributed by atoms with Crippen LogP contribution in [0.15, 0.2) is 30.3 Å². The molecule has 4 heteroatoms. The maximum Gasteiger partial charge on any atom is 0.321 e. The summed E-state index contributed by atoms with van der Waals surface area (Å²) in [5.41, 5.74) is 0.306. The van der Waals surface area contributed by atoms with Gasteiger partial charge in [0.05, 0.1) is 1.37 Å². The van der Waals surface area contributed by atoms with E-state index in [1.807, 2.05) is 0 Å². The molecule has 0 aliphatic rings. The fraction of sp³-hybridized carbons (Fsp3) is 0.300. The third-order valence-electron chi connectivity index (χ3n) is 1.69. The summed E-state index contributed by atoms with van der Waals surface area (Å²) in [6.07, 6.45) is -0.166.